The lowest BCUT2D eigenvalue weighted by atomic mass is 10.4. The Bertz CT molecular complexity index is 1320. The Balaban J connectivity index is 0.00000353. The SMILES string of the molecule is Br.c1ccc([P+](PNP[P+](c2ccccc2)(c2ccccc2)c2ccccc2)(c2ccccc2)c2ccccc2)cc1. The Morgan fingerprint density at radius 2 is 0.452 bits per heavy atom. The van der Waals surface area contributed by atoms with E-state index in [1.807, 2.05) is 0 Å². The molecular formula is C36H34BrNP4+2. The average Bonchev–Trinajstić information content (AvgIpc) is 3.08. The van der Waals surface area contributed by atoms with Gasteiger partial charge in [0.25, 0.3) is 0 Å². The van der Waals surface area contributed by atoms with Gasteiger partial charge < -0.3 is 0 Å². The Hall–Kier alpha value is -2.52. The van der Waals surface area contributed by atoms with E-state index >= 15 is 0 Å². The molecule has 42 heavy (non-hydrogen) atoms. The highest BCUT2D eigenvalue weighted by atomic mass is 79.9. The highest BCUT2D eigenvalue weighted by molar-refractivity contribution is 8.93. The first-order valence-electron chi connectivity index (χ1n) is 13.8. The van der Waals surface area contributed by atoms with Gasteiger partial charge in [0, 0.05) is 0 Å². The second-order valence-electron chi connectivity index (χ2n) is 9.70. The van der Waals surface area contributed by atoms with Gasteiger partial charge in [0.05, 0.1) is 0 Å². The summed E-state index contributed by atoms with van der Waals surface area (Å²) in [5.74, 6) is 0. The van der Waals surface area contributed by atoms with Gasteiger partial charge in [-0.05, 0) is 72.8 Å². The molecule has 2 atom stereocenters. The van der Waals surface area contributed by atoms with Crippen molar-refractivity contribution < 1.29 is 0 Å². The molecule has 0 saturated carbocycles. The Morgan fingerprint density at radius 1 is 0.286 bits per heavy atom. The van der Waals surface area contributed by atoms with Crippen LogP contribution in [0, 0.1) is 0 Å². The number of nitrogens with one attached hydrogen (secondary N) is 1. The van der Waals surface area contributed by atoms with E-state index in [4.69, 9.17) is 0 Å². The molecule has 0 amide bonds. The van der Waals surface area contributed by atoms with Crippen LogP contribution < -0.4 is 36.7 Å². The van der Waals surface area contributed by atoms with Gasteiger partial charge in [-0.15, -0.1) is 17.0 Å². The van der Waals surface area contributed by atoms with E-state index in [1.165, 1.54) is 31.8 Å². The number of hydrogen-bond donors (Lipinski definition) is 1. The maximum absolute atomic E-state index is 4.21. The van der Waals surface area contributed by atoms with Crippen molar-refractivity contribution in [3.63, 3.8) is 0 Å². The molecule has 0 bridgehead atoms. The van der Waals surface area contributed by atoms with Gasteiger partial charge in [0.2, 0.25) is 0 Å². The maximum atomic E-state index is 4.21. The smallest absolute Gasteiger partial charge is 0.142 e. The fourth-order valence-electron chi connectivity index (χ4n) is 5.38. The molecule has 0 saturated heterocycles. The maximum Gasteiger partial charge on any atom is 0.142 e. The summed E-state index contributed by atoms with van der Waals surface area (Å²) in [4.78, 5) is 4.21. The predicted octanol–water partition coefficient (Wildman–Crippen LogP) is 8.16. The Kier molecular flexibility index (Phi) is 10.9. The second kappa shape index (κ2) is 14.8. The zero-order chi connectivity index (χ0) is 27.8. The van der Waals surface area contributed by atoms with Gasteiger partial charge in [-0.2, -0.15) is 0 Å². The van der Waals surface area contributed by atoms with Crippen molar-refractivity contribution >= 4 is 79.6 Å². The molecule has 6 rings (SSSR count). The summed E-state index contributed by atoms with van der Waals surface area (Å²) < 4.78 is 0. The summed E-state index contributed by atoms with van der Waals surface area (Å²) in [6, 6.07) is 67.1. The van der Waals surface area contributed by atoms with E-state index in [0.29, 0.717) is 16.8 Å². The first-order valence-corrected chi connectivity index (χ1v) is 21.0. The minimum atomic E-state index is -1.97. The van der Waals surface area contributed by atoms with Crippen molar-refractivity contribution in [3.8, 4) is 0 Å². The van der Waals surface area contributed by atoms with E-state index in [-0.39, 0.29) is 17.0 Å². The molecule has 0 radical (unpaired) electrons. The predicted molar refractivity (Wildman–Crippen MR) is 200 cm³/mol. The van der Waals surface area contributed by atoms with E-state index in [1.54, 1.807) is 0 Å². The monoisotopic (exact) mass is 683 g/mol. The van der Waals surface area contributed by atoms with Crippen LogP contribution in [-0.4, -0.2) is 0 Å². The number of benzene rings is 6. The molecule has 2 unspecified atom stereocenters. The van der Waals surface area contributed by atoms with Crippen molar-refractivity contribution in [2.75, 3.05) is 0 Å². The standard InChI is InChI=1S/C36H33NP4.BrH/c1-7-19-31(20-8-1)40(32-21-9-2-10-22-32,33-23-11-3-12-24-33)38-37-39-41(34-25-13-4-14-26-34,35-27-15-5-16-28-35)36-29-17-6-18-30-36;/h1-30,37-39H;1H/q+2;. The van der Waals surface area contributed by atoms with Gasteiger partial charge in [-0.1, -0.05) is 109 Å². The topological polar surface area (TPSA) is 12.0 Å². The molecule has 0 spiro atoms. The lowest BCUT2D eigenvalue weighted by molar-refractivity contribution is 1.71. The van der Waals surface area contributed by atoms with Crippen molar-refractivity contribution in [2.24, 2.45) is 0 Å². The fraction of sp³-hybridized carbons (Fsp3) is 0. The number of rotatable bonds is 10. The third-order valence-corrected chi connectivity index (χ3v) is 24.0. The van der Waals surface area contributed by atoms with Crippen LogP contribution in [0.25, 0.3) is 0 Å². The normalized spacial score (nSPS) is 12.0. The molecule has 0 aromatic heterocycles. The molecule has 0 fully saturated rings. The molecule has 6 aromatic carbocycles. The van der Waals surface area contributed by atoms with E-state index in [9.17, 15) is 0 Å². The molecular weight excluding hydrogens is 650 g/mol. The molecule has 0 aliphatic rings. The lowest BCUT2D eigenvalue weighted by Crippen LogP contribution is -2.31. The highest BCUT2D eigenvalue weighted by Gasteiger charge is 2.50. The van der Waals surface area contributed by atoms with E-state index in [2.05, 4.69) is 187 Å². The van der Waals surface area contributed by atoms with E-state index < -0.39 is 13.9 Å². The molecule has 0 heterocycles. The first-order chi connectivity index (χ1) is 20.3. The first kappa shape index (κ1) is 30.9. The summed E-state index contributed by atoms with van der Waals surface area (Å²) >= 11 is 0. The molecule has 6 heteroatoms. The molecule has 6 aromatic rings. The third-order valence-electron chi connectivity index (χ3n) is 7.31. The van der Waals surface area contributed by atoms with Crippen LogP contribution in [0.4, 0.5) is 0 Å². The second-order valence-corrected chi connectivity index (χ2v) is 22.3. The lowest BCUT2D eigenvalue weighted by Gasteiger charge is -2.30. The quantitative estimate of drug-likeness (QED) is 0.144. The highest BCUT2D eigenvalue weighted by Crippen LogP contribution is 2.76. The molecule has 0 aliphatic carbocycles. The van der Waals surface area contributed by atoms with Crippen molar-refractivity contribution in [1.29, 1.82) is 0 Å². The molecule has 0 aliphatic heterocycles. The van der Waals surface area contributed by atoms with Crippen LogP contribution in [0.2, 0.25) is 0 Å². The van der Waals surface area contributed by atoms with Gasteiger partial charge in [0.15, 0.2) is 0 Å². The molecule has 1 N–H and O–H groups in total. The zero-order valence-electron chi connectivity index (χ0n) is 23.1. The van der Waals surface area contributed by atoms with Crippen LogP contribution in [0.15, 0.2) is 182 Å². The third kappa shape index (κ3) is 6.23. The zero-order valence-corrected chi connectivity index (χ0v) is 28.6. The molecule has 1 nitrogen and oxygen atoms in total. The number of halogens is 1. The largest absolute Gasteiger partial charge is 0.212 e. The number of hydrogen-bond acceptors (Lipinski definition) is 1. The van der Waals surface area contributed by atoms with Crippen LogP contribution in [-0.2, 0) is 0 Å². The summed E-state index contributed by atoms with van der Waals surface area (Å²) in [6.45, 7) is -3.95. The Morgan fingerprint density at radius 3 is 0.619 bits per heavy atom. The Labute approximate surface area is 265 Å². The summed E-state index contributed by atoms with van der Waals surface area (Å²) in [5.41, 5.74) is 0. The van der Waals surface area contributed by atoms with Crippen LogP contribution in [0.1, 0.15) is 0 Å². The minimum Gasteiger partial charge on any atom is -0.212 e. The average molecular weight is 684 g/mol. The summed E-state index contributed by atoms with van der Waals surface area (Å²) in [5, 5.41) is 8.48. The van der Waals surface area contributed by atoms with Gasteiger partial charge >= 0.3 is 0 Å². The fourth-order valence-corrected chi connectivity index (χ4v) is 23.0. The van der Waals surface area contributed by atoms with Gasteiger partial charge in [-0.3, -0.25) is 0 Å². The van der Waals surface area contributed by atoms with Crippen molar-refractivity contribution in [2.45, 2.75) is 0 Å². The van der Waals surface area contributed by atoms with Crippen molar-refractivity contribution in [3.05, 3.63) is 182 Å². The van der Waals surface area contributed by atoms with Gasteiger partial charge in [-0.25, -0.2) is 4.86 Å². The van der Waals surface area contributed by atoms with Crippen molar-refractivity contribution in [1.82, 2.24) is 4.86 Å². The molecule has 208 valence electrons. The van der Waals surface area contributed by atoms with Crippen LogP contribution >= 0.6 is 47.7 Å². The van der Waals surface area contributed by atoms with Crippen LogP contribution in [0.5, 0.6) is 0 Å². The summed E-state index contributed by atoms with van der Waals surface area (Å²) in [7, 11) is 1.07. The van der Waals surface area contributed by atoms with Gasteiger partial charge in [0.1, 0.15) is 62.6 Å². The van der Waals surface area contributed by atoms with E-state index in [0.717, 1.165) is 0 Å². The summed E-state index contributed by atoms with van der Waals surface area (Å²) in [6.07, 6.45) is 0. The minimum absolute atomic E-state index is 0. The van der Waals surface area contributed by atoms with Crippen LogP contribution in [0.3, 0.4) is 0 Å².